The Labute approximate surface area is 101 Å². The molecule has 0 fully saturated rings. The monoisotopic (exact) mass is 250 g/mol. The fraction of sp³-hybridized carbons (Fsp3) is 0.182. The molecule has 0 bridgehead atoms. The van der Waals surface area contributed by atoms with E-state index in [1.807, 2.05) is 0 Å². The van der Waals surface area contributed by atoms with Crippen LogP contribution in [0.2, 0.25) is 0 Å². The molecule has 1 aromatic carbocycles. The van der Waals surface area contributed by atoms with E-state index >= 15 is 0 Å². The molecule has 2 rings (SSSR count). The first-order valence-corrected chi connectivity index (χ1v) is 5.01. The first kappa shape index (κ1) is 11.9. The molecule has 1 N–H and O–H groups in total. The van der Waals surface area contributed by atoms with Gasteiger partial charge in [0, 0.05) is 12.3 Å². The summed E-state index contributed by atoms with van der Waals surface area (Å²) >= 11 is 0. The fourth-order valence-electron chi connectivity index (χ4n) is 1.79. The number of aromatic amines is 1. The van der Waals surface area contributed by atoms with Gasteiger partial charge in [0.1, 0.15) is 5.75 Å². The molecule has 94 valence electrons. The lowest BCUT2D eigenvalue weighted by atomic mass is 10.1. The molecule has 2 aromatic rings. The number of pyridine rings is 1. The number of nitrogens with zero attached hydrogens (tertiary/aromatic N) is 1. The molecule has 0 atom stereocenters. The van der Waals surface area contributed by atoms with E-state index in [0.29, 0.717) is 5.52 Å². The third kappa shape index (κ3) is 1.65. The Kier molecular flexibility index (Phi) is 2.88. The van der Waals surface area contributed by atoms with E-state index in [4.69, 9.17) is 9.47 Å². The third-order valence-corrected chi connectivity index (χ3v) is 2.55. The van der Waals surface area contributed by atoms with E-state index < -0.39 is 4.92 Å². The van der Waals surface area contributed by atoms with Crippen molar-refractivity contribution in [2.45, 2.75) is 0 Å². The topological polar surface area (TPSA) is 94.5 Å². The van der Waals surface area contributed by atoms with Gasteiger partial charge in [-0.05, 0) is 0 Å². The summed E-state index contributed by atoms with van der Waals surface area (Å²) in [6.45, 7) is 0. The number of ether oxygens (including phenoxy) is 2. The van der Waals surface area contributed by atoms with E-state index in [9.17, 15) is 14.9 Å². The van der Waals surface area contributed by atoms with Gasteiger partial charge in [0.15, 0.2) is 5.43 Å². The van der Waals surface area contributed by atoms with Crippen molar-refractivity contribution < 1.29 is 14.4 Å². The van der Waals surface area contributed by atoms with E-state index in [-0.39, 0.29) is 28.0 Å². The van der Waals surface area contributed by atoms with Crippen molar-refractivity contribution in [3.05, 3.63) is 38.7 Å². The van der Waals surface area contributed by atoms with E-state index in [0.717, 1.165) is 0 Å². The Morgan fingerprint density at radius 1 is 1.33 bits per heavy atom. The van der Waals surface area contributed by atoms with Gasteiger partial charge in [-0.1, -0.05) is 0 Å². The summed E-state index contributed by atoms with van der Waals surface area (Å²) in [7, 11) is 2.65. The van der Waals surface area contributed by atoms with Crippen LogP contribution in [0.1, 0.15) is 0 Å². The molecule has 0 spiro atoms. The van der Waals surface area contributed by atoms with Crippen LogP contribution in [0.25, 0.3) is 10.9 Å². The zero-order valence-electron chi connectivity index (χ0n) is 9.72. The second-order valence-corrected chi connectivity index (χ2v) is 3.48. The molecule has 0 aliphatic carbocycles. The Hall–Kier alpha value is -2.57. The predicted octanol–water partition coefficient (Wildman–Crippen LogP) is 1.45. The molecule has 0 unspecified atom stereocenters. The molecule has 1 heterocycles. The lowest BCUT2D eigenvalue weighted by molar-refractivity contribution is -0.385. The van der Waals surface area contributed by atoms with Crippen LogP contribution in [0, 0.1) is 10.1 Å². The van der Waals surface area contributed by atoms with Gasteiger partial charge < -0.3 is 14.5 Å². The first-order chi connectivity index (χ1) is 8.60. The summed E-state index contributed by atoms with van der Waals surface area (Å²) in [5.41, 5.74) is -0.311. The highest BCUT2D eigenvalue weighted by Crippen LogP contribution is 2.38. The molecule has 0 aliphatic rings. The fourth-order valence-corrected chi connectivity index (χ4v) is 1.79. The lowest BCUT2D eigenvalue weighted by Crippen LogP contribution is -2.06. The number of fused-ring (bicyclic) bond motifs is 1. The number of hydrogen-bond donors (Lipinski definition) is 1. The molecule has 0 radical (unpaired) electrons. The Morgan fingerprint density at radius 2 is 2.06 bits per heavy atom. The zero-order chi connectivity index (χ0) is 13.3. The van der Waals surface area contributed by atoms with Crippen LogP contribution >= 0.6 is 0 Å². The lowest BCUT2D eigenvalue weighted by Gasteiger charge is -2.09. The van der Waals surface area contributed by atoms with Crippen molar-refractivity contribution in [2.75, 3.05) is 14.2 Å². The second kappa shape index (κ2) is 4.36. The van der Waals surface area contributed by atoms with Crippen molar-refractivity contribution in [3.63, 3.8) is 0 Å². The average molecular weight is 250 g/mol. The molecule has 1 aromatic heterocycles. The molecule has 0 saturated carbocycles. The number of H-pyrrole nitrogens is 1. The van der Waals surface area contributed by atoms with Gasteiger partial charge in [0.2, 0.25) is 5.75 Å². The first-order valence-electron chi connectivity index (χ1n) is 5.01. The number of methoxy groups -OCH3 is 2. The average Bonchev–Trinajstić information content (AvgIpc) is 2.37. The summed E-state index contributed by atoms with van der Waals surface area (Å²) < 4.78 is 10.0. The molecule has 7 heteroatoms. The van der Waals surface area contributed by atoms with Crippen LogP contribution in [-0.4, -0.2) is 24.1 Å². The highest BCUT2D eigenvalue weighted by molar-refractivity contribution is 5.93. The number of benzene rings is 1. The minimum absolute atomic E-state index is 0.0716. The minimum atomic E-state index is -0.618. The minimum Gasteiger partial charge on any atom is -0.494 e. The van der Waals surface area contributed by atoms with Gasteiger partial charge in [0.05, 0.1) is 36.1 Å². The summed E-state index contributed by atoms with van der Waals surface area (Å²) in [5.74, 6) is 0.146. The summed E-state index contributed by atoms with van der Waals surface area (Å²) in [4.78, 5) is 25.0. The molecule has 7 nitrogen and oxygen atoms in total. The molecular weight excluding hydrogens is 240 g/mol. The van der Waals surface area contributed by atoms with Crippen LogP contribution in [0.15, 0.2) is 23.1 Å². The highest BCUT2D eigenvalue weighted by atomic mass is 16.6. The maximum absolute atomic E-state index is 11.8. The van der Waals surface area contributed by atoms with Gasteiger partial charge >= 0.3 is 5.69 Å². The smallest absolute Gasteiger partial charge is 0.315 e. The quantitative estimate of drug-likeness (QED) is 0.657. The van der Waals surface area contributed by atoms with Crippen LogP contribution in [0.4, 0.5) is 5.69 Å². The molecule has 0 amide bonds. The highest BCUT2D eigenvalue weighted by Gasteiger charge is 2.23. The van der Waals surface area contributed by atoms with Gasteiger partial charge in [-0.2, -0.15) is 0 Å². The maximum Gasteiger partial charge on any atom is 0.315 e. The molecule has 0 saturated heterocycles. The van der Waals surface area contributed by atoms with Crippen molar-refractivity contribution in [2.24, 2.45) is 0 Å². The Bertz CT molecular complexity index is 677. The number of nitrogens with one attached hydrogen (secondary N) is 1. The van der Waals surface area contributed by atoms with Gasteiger partial charge in [-0.3, -0.25) is 14.9 Å². The summed E-state index contributed by atoms with van der Waals surface area (Å²) in [6, 6.07) is 2.49. The predicted molar refractivity (Wildman–Crippen MR) is 64.3 cm³/mol. The van der Waals surface area contributed by atoms with Crippen molar-refractivity contribution in [3.8, 4) is 11.5 Å². The van der Waals surface area contributed by atoms with E-state index in [1.54, 1.807) is 0 Å². The number of hydrogen-bond acceptors (Lipinski definition) is 5. The normalized spacial score (nSPS) is 10.3. The van der Waals surface area contributed by atoms with Crippen molar-refractivity contribution in [1.29, 1.82) is 0 Å². The van der Waals surface area contributed by atoms with Crippen LogP contribution in [0.3, 0.4) is 0 Å². The standard InChI is InChI=1S/C11H10N2O5/c1-17-8-5-6(13(15)16)11(18-2)9-7(14)3-4-12-10(8)9/h3-5H,1-2H3,(H,12,14). The van der Waals surface area contributed by atoms with Gasteiger partial charge in [0.25, 0.3) is 0 Å². The number of rotatable bonds is 3. The molecule has 18 heavy (non-hydrogen) atoms. The molecule has 0 aliphatic heterocycles. The van der Waals surface area contributed by atoms with Crippen molar-refractivity contribution >= 4 is 16.6 Å². The van der Waals surface area contributed by atoms with E-state index in [1.165, 1.54) is 32.5 Å². The van der Waals surface area contributed by atoms with Crippen LogP contribution in [0.5, 0.6) is 11.5 Å². The van der Waals surface area contributed by atoms with Crippen molar-refractivity contribution in [1.82, 2.24) is 4.98 Å². The molecular formula is C11H10N2O5. The Balaban J connectivity index is 3.02. The SMILES string of the molecule is COc1cc([N+](=O)[O-])c(OC)c2c(=O)cc[nH]c12. The summed E-state index contributed by atoms with van der Waals surface area (Å²) in [6.07, 6.45) is 1.44. The largest absolute Gasteiger partial charge is 0.494 e. The van der Waals surface area contributed by atoms with Gasteiger partial charge in [-0.15, -0.1) is 0 Å². The second-order valence-electron chi connectivity index (χ2n) is 3.48. The van der Waals surface area contributed by atoms with Crippen LogP contribution in [-0.2, 0) is 0 Å². The van der Waals surface area contributed by atoms with E-state index in [2.05, 4.69) is 4.98 Å². The van der Waals surface area contributed by atoms with Gasteiger partial charge in [-0.25, -0.2) is 0 Å². The number of aromatic nitrogens is 1. The summed E-state index contributed by atoms with van der Waals surface area (Å²) in [5, 5.41) is 11.1. The third-order valence-electron chi connectivity index (χ3n) is 2.55. The zero-order valence-corrected chi connectivity index (χ0v) is 9.72. The van der Waals surface area contributed by atoms with Crippen LogP contribution < -0.4 is 14.9 Å². The number of nitro benzene ring substituents is 1. The Morgan fingerprint density at radius 3 is 2.61 bits per heavy atom. The number of nitro groups is 1. The maximum atomic E-state index is 11.8.